The van der Waals surface area contributed by atoms with Gasteiger partial charge in [0.2, 0.25) is 0 Å². The van der Waals surface area contributed by atoms with Gasteiger partial charge in [-0.2, -0.15) is 0 Å². The fourth-order valence-electron chi connectivity index (χ4n) is 3.48. The van der Waals surface area contributed by atoms with Gasteiger partial charge in [0, 0.05) is 30.8 Å². The maximum atomic E-state index is 15.0. The van der Waals surface area contributed by atoms with E-state index in [0.29, 0.717) is 0 Å². The van der Waals surface area contributed by atoms with Crippen molar-refractivity contribution in [2.45, 2.75) is 17.6 Å². The fourth-order valence-corrected chi connectivity index (χ4v) is 5.53. The summed E-state index contributed by atoms with van der Waals surface area (Å²) in [6, 6.07) is 16.6. The minimum atomic E-state index is -3.81. The van der Waals surface area contributed by atoms with Crippen molar-refractivity contribution in [3.63, 3.8) is 0 Å². The van der Waals surface area contributed by atoms with Crippen molar-refractivity contribution in [1.82, 2.24) is 4.57 Å². The lowest BCUT2D eigenvalue weighted by Gasteiger charge is -2.13. The van der Waals surface area contributed by atoms with Crippen LogP contribution in [0.2, 0.25) is 0 Å². The van der Waals surface area contributed by atoms with Gasteiger partial charge in [0.25, 0.3) is 0 Å². The fraction of sp³-hybridized carbons (Fsp3) is 0.143. The van der Waals surface area contributed by atoms with E-state index in [-0.39, 0.29) is 17.2 Å². The van der Waals surface area contributed by atoms with E-state index in [4.69, 9.17) is 0 Å². The van der Waals surface area contributed by atoms with Crippen LogP contribution >= 0.6 is 31.9 Å². The van der Waals surface area contributed by atoms with E-state index in [1.807, 2.05) is 41.0 Å². The number of aromatic nitrogens is 1. The number of aromatic hydroxyl groups is 1. The molecule has 1 atom stereocenters. The first kappa shape index (κ1) is 20.4. The minimum Gasteiger partial charge on any atom is -0.508 e. The van der Waals surface area contributed by atoms with Gasteiger partial charge in [-0.1, -0.05) is 31.9 Å². The monoisotopic (exact) mass is 539 g/mol. The Hall–Kier alpha value is -1.90. The summed E-state index contributed by atoms with van der Waals surface area (Å²) in [5.41, 5.74) is 1.68. The van der Waals surface area contributed by atoms with Gasteiger partial charge in [-0.25, -0.2) is 12.8 Å². The van der Waals surface area contributed by atoms with Gasteiger partial charge in [-0.3, -0.25) is 0 Å². The van der Waals surface area contributed by atoms with Crippen LogP contribution in [0.1, 0.15) is 0 Å². The molecule has 4 aromatic rings. The predicted molar refractivity (Wildman–Crippen MR) is 120 cm³/mol. The van der Waals surface area contributed by atoms with E-state index in [2.05, 4.69) is 31.9 Å². The molecule has 1 aromatic heterocycles. The molecule has 0 aliphatic heterocycles. The molecule has 1 N–H and O–H groups in total. The molecule has 0 spiro atoms. The van der Waals surface area contributed by atoms with E-state index in [9.17, 15) is 17.9 Å². The summed E-state index contributed by atoms with van der Waals surface area (Å²) in [5, 5.41) is 11.3. The zero-order valence-corrected chi connectivity index (χ0v) is 19.0. The van der Waals surface area contributed by atoms with Crippen molar-refractivity contribution < 1.29 is 17.9 Å². The average molecular weight is 541 g/mol. The SMILES string of the molecule is O=S(=O)(CC(F)Cn1c2ccc(Br)cc2c2cc(Br)ccc21)c1ccc(O)cc1. The van der Waals surface area contributed by atoms with Crippen LogP contribution in [0.3, 0.4) is 0 Å². The van der Waals surface area contributed by atoms with Crippen LogP contribution < -0.4 is 0 Å². The number of alkyl halides is 1. The van der Waals surface area contributed by atoms with Crippen molar-refractivity contribution in [3.05, 3.63) is 69.6 Å². The molecular formula is C21H16Br2FNO3S. The predicted octanol–water partition coefficient (Wildman–Crippen LogP) is 5.84. The Labute approximate surface area is 184 Å². The van der Waals surface area contributed by atoms with Crippen LogP contribution in [0.5, 0.6) is 5.75 Å². The van der Waals surface area contributed by atoms with Crippen LogP contribution in [-0.4, -0.2) is 30.0 Å². The lowest BCUT2D eigenvalue weighted by atomic mass is 10.2. The van der Waals surface area contributed by atoms with E-state index >= 15 is 0 Å². The second kappa shape index (κ2) is 7.74. The number of hydrogen-bond acceptors (Lipinski definition) is 3. The Bertz CT molecular complexity index is 1260. The first-order valence-corrected chi connectivity index (χ1v) is 12.0. The number of phenols is 1. The van der Waals surface area contributed by atoms with E-state index in [1.165, 1.54) is 24.3 Å². The van der Waals surface area contributed by atoms with Crippen molar-refractivity contribution in [2.24, 2.45) is 0 Å². The molecule has 0 fully saturated rings. The summed E-state index contributed by atoms with van der Waals surface area (Å²) < 4.78 is 43.7. The number of benzene rings is 3. The molecule has 0 bridgehead atoms. The molecule has 4 rings (SSSR count). The van der Waals surface area contributed by atoms with Gasteiger partial charge in [0.1, 0.15) is 11.9 Å². The van der Waals surface area contributed by atoms with Crippen molar-refractivity contribution >= 4 is 63.5 Å². The molecule has 1 heterocycles. The molecule has 0 amide bonds. The van der Waals surface area contributed by atoms with E-state index in [1.54, 1.807) is 0 Å². The highest BCUT2D eigenvalue weighted by atomic mass is 79.9. The Kier molecular flexibility index (Phi) is 5.44. The number of hydrogen-bond donors (Lipinski definition) is 1. The van der Waals surface area contributed by atoms with E-state index in [0.717, 1.165) is 30.8 Å². The Morgan fingerprint density at radius 1 is 0.897 bits per heavy atom. The first-order chi connectivity index (χ1) is 13.7. The highest BCUT2D eigenvalue weighted by molar-refractivity contribution is 9.10. The van der Waals surface area contributed by atoms with Crippen LogP contribution in [-0.2, 0) is 16.4 Å². The minimum absolute atomic E-state index is 0.00645. The maximum absolute atomic E-state index is 15.0. The van der Waals surface area contributed by atoms with Gasteiger partial charge in [-0.05, 0) is 60.7 Å². The molecule has 0 saturated carbocycles. The molecule has 8 heteroatoms. The van der Waals surface area contributed by atoms with Gasteiger partial charge in [0.15, 0.2) is 9.84 Å². The normalized spacial score (nSPS) is 13.2. The van der Waals surface area contributed by atoms with Gasteiger partial charge >= 0.3 is 0 Å². The Morgan fingerprint density at radius 3 is 1.93 bits per heavy atom. The van der Waals surface area contributed by atoms with Crippen molar-refractivity contribution in [1.29, 1.82) is 0 Å². The molecule has 0 aliphatic rings. The van der Waals surface area contributed by atoms with Gasteiger partial charge in [-0.15, -0.1) is 0 Å². The number of fused-ring (bicyclic) bond motifs is 3. The third-order valence-electron chi connectivity index (χ3n) is 4.77. The topological polar surface area (TPSA) is 59.3 Å². The molecule has 150 valence electrons. The standard InChI is InChI=1S/C21H16Br2FNO3S/c22-13-1-7-20-18(9-13)19-10-14(23)2-8-21(19)25(20)11-15(24)12-29(27,28)17-5-3-16(26)4-6-17/h1-10,15,26H,11-12H2. The molecule has 0 saturated heterocycles. The Morgan fingerprint density at radius 2 is 1.41 bits per heavy atom. The maximum Gasteiger partial charge on any atom is 0.181 e. The Balaban J connectivity index is 1.70. The lowest BCUT2D eigenvalue weighted by Crippen LogP contribution is -2.22. The summed E-state index contributed by atoms with van der Waals surface area (Å²) in [4.78, 5) is -0.00645. The molecule has 1 unspecified atom stereocenters. The van der Waals surface area contributed by atoms with Crippen molar-refractivity contribution in [3.8, 4) is 5.75 Å². The largest absolute Gasteiger partial charge is 0.508 e. The van der Waals surface area contributed by atoms with Crippen LogP contribution in [0.4, 0.5) is 4.39 Å². The highest BCUT2D eigenvalue weighted by Crippen LogP contribution is 2.33. The number of phenolic OH excluding ortho intramolecular Hbond substituents is 1. The average Bonchev–Trinajstić information content (AvgIpc) is 2.94. The van der Waals surface area contributed by atoms with Crippen molar-refractivity contribution in [2.75, 3.05) is 5.75 Å². The zero-order chi connectivity index (χ0) is 20.8. The smallest absolute Gasteiger partial charge is 0.181 e. The first-order valence-electron chi connectivity index (χ1n) is 8.77. The summed E-state index contributed by atoms with van der Waals surface area (Å²) in [6.07, 6.45) is -1.60. The van der Waals surface area contributed by atoms with E-state index < -0.39 is 21.8 Å². The lowest BCUT2D eigenvalue weighted by molar-refractivity contribution is 0.328. The number of sulfone groups is 1. The zero-order valence-electron chi connectivity index (χ0n) is 15.0. The third-order valence-corrected chi connectivity index (χ3v) is 7.54. The summed E-state index contributed by atoms with van der Waals surface area (Å²) in [7, 11) is -3.81. The number of nitrogens with zero attached hydrogens (tertiary/aromatic N) is 1. The molecular weight excluding hydrogens is 525 g/mol. The van der Waals surface area contributed by atoms with Crippen LogP contribution in [0, 0.1) is 0 Å². The van der Waals surface area contributed by atoms with Gasteiger partial charge < -0.3 is 9.67 Å². The molecule has 4 nitrogen and oxygen atoms in total. The highest BCUT2D eigenvalue weighted by Gasteiger charge is 2.23. The molecule has 0 aliphatic carbocycles. The summed E-state index contributed by atoms with van der Waals surface area (Å²) in [5.74, 6) is -0.672. The third kappa shape index (κ3) is 4.06. The second-order valence-corrected chi connectivity index (χ2v) is 10.7. The summed E-state index contributed by atoms with van der Waals surface area (Å²) in [6.45, 7) is -0.0828. The number of rotatable bonds is 5. The van der Waals surface area contributed by atoms with Gasteiger partial charge in [0.05, 0.1) is 17.2 Å². The second-order valence-electron chi connectivity index (χ2n) is 6.81. The van der Waals surface area contributed by atoms with Crippen LogP contribution in [0.15, 0.2) is 74.5 Å². The molecule has 3 aromatic carbocycles. The molecule has 0 radical (unpaired) electrons. The molecule has 29 heavy (non-hydrogen) atoms. The van der Waals surface area contributed by atoms with Crippen LogP contribution in [0.25, 0.3) is 21.8 Å². The summed E-state index contributed by atoms with van der Waals surface area (Å²) >= 11 is 6.95. The number of halogens is 3. The quantitative estimate of drug-likeness (QED) is 0.346.